The molecule has 0 aliphatic heterocycles. The number of rotatable bonds is 6. The van der Waals surface area contributed by atoms with Crippen molar-refractivity contribution in [3.05, 3.63) is 100 Å². The number of phenols is 1. The number of hydrogen-bond donors (Lipinski definition) is 1. The van der Waals surface area contributed by atoms with E-state index in [1.165, 1.54) is 24.3 Å². The lowest BCUT2D eigenvalue weighted by atomic mass is 9.90. The van der Waals surface area contributed by atoms with E-state index in [2.05, 4.69) is 0 Å². The molecule has 0 amide bonds. The van der Waals surface area contributed by atoms with Crippen LogP contribution in [0.5, 0.6) is 5.75 Å². The summed E-state index contributed by atoms with van der Waals surface area (Å²) < 4.78 is 5.10. The van der Waals surface area contributed by atoms with Crippen LogP contribution < -0.4 is 0 Å². The Hall–Kier alpha value is -3.73. The third kappa shape index (κ3) is 4.09. The first-order valence-corrected chi connectivity index (χ1v) is 9.18. The highest BCUT2D eigenvalue weighted by Gasteiger charge is 2.23. The zero-order chi connectivity index (χ0) is 21.0. The molecule has 146 valence electrons. The van der Waals surface area contributed by atoms with Crippen molar-refractivity contribution in [1.29, 1.82) is 0 Å². The van der Waals surface area contributed by atoms with Crippen LogP contribution >= 0.6 is 0 Å². The molecule has 0 radical (unpaired) electrons. The Labute approximate surface area is 168 Å². The van der Waals surface area contributed by atoms with Crippen LogP contribution in [-0.2, 0) is 4.74 Å². The molecule has 0 heterocycles. The first-order valence-electron chi connectivity index (χ1n) is 9.18. The number of carbonyl (C=O) groups excluding carboxylic acids is 3. The maximum atomic E-state index is 13.1. The molecule has 0 atom stereocenters. The molecule has 0 aliphatic rings. The lowest BCUT2D eigenvalue weighted by Crippen LogP contribution is -2.14. The van der Waals surface area contributed by atoms with Gasteiger partial charge in [-0.3, -0.25) is 9.59 Å². The highest BCUT2D eigenvalue weighted by molar-refractivity contribution is 6.16. The van der Waals surface area contributed by atoms with Crippen LogP contribution in [0.3, 0.4) is 0 Å². The Morgan fingerprint density at radius 3 is 2.03 bits per heavy atom. The molecule has 0 aromatic heterocycles. The van der Waals surface area contributed by atoms with Crippen molar-refractivity contribution >= 4 is 17.5 Å². The minimum absolute atomic E-state index is 0.0873. The summed E-state index contributed by atoms with van der Waals surface area (Å²) in [5, 5.41) is 10.0. The normalized spacial score (nSPS) is 10.4. The van der Waals surface area contributed by atoms with Gasteiger partial charge in [0.25, 0.3) is 0 Å². The lowest BCUT2D eigenvalue weighted by Gasteiger charge is -2.13. The number of aromatic hydroxyl groups is 1. The minimum Gasteiger partial charge on any atom is -0.507 e. The van der Waals surface area contributed by atoms with Gasteiger partial charge in [-0.1, -0.05) is 42.5 Å². The average molecular weight is 388 g/mol. The van der Waals surface area contributed by atoms with E-state index in [-0.39, 0.29) is 40.4 Å². The van der Waals surface area contributed by atoms with Crippen molar-refractivity contribution in [2.75, 3.05) is 6.61 Å². The first kappa shape index (κ1) is 20.0. The highest BCUT2D eigenvalue weighted by atomic mass is 16.5. The SMILES string of the molecule is CCOC(=O)c1cc(C(=O)c2ccccc2O)cc(C(=O)c2ccccc2)c1C. The molecule has 0 spiro atoms. The van der Waals surface area contributed by atoms with Gasteiger partial charge >= 0.3 is 5.97 Å². The molecule has 0 aliphatic carbocycles. The van der Waals surface area contributed by atoms with Gasteiger partial charge in [-0.25, -0.2) is 4.79 Å². The molecule has 0 saturated carbocycles. The number of benzene rings is 3. The quantitative estimate of drug-likeness (QED) is 0.502. The van der Waals surface area contributed by atoms with Gasteiger partial charge in [-0.15, -0.1) is 0 Å². The molecular formula is C24H20O5. The molecule has 5 heteroatoms. The van der Waals surface area contributed by atoms with Gasteiger partial charge in [0, 0.05) is 16.7 Å². The van der Waals surface area contributed by atoms with Gasteiger partial charge in [-0.05, 0) is 43.7 Å². The van der Waals surface area contributed by atoms with Crippen LogP contribution in [0.4, 0.5) is 0 Å². The van der Waals surface area contributed by atoms with Gasteiger partial charge in [0.2, 0.25) is 0 Å². The Balaban J connectivity index is 2.18. The number of ketones is 2. The molecule has 5 nitrogen and oxygen atoms in total. The fraction of sp³-hybridized carbons (Fsp3) is 0.125. The van der Waals surface area contributed by atoms with Gasteiger partial charge in [-0.2, -0.15) is 0 Å². The average Bonchev–Trinajstić information content (AvgIpc) is 2.74. The smallest absolute Gasteiger partial charge is 0.338 e. The van der Waals surface area contributed by atoms with E-state index >= 15 is 0 Å². The first-order chi connectivity index (χ1) is 13.9. The number of phenolic OH excluding ortho intramolecular Hbond substituents is 1. The van der Waals surface area contributed by atoms with Crippen molar-refractivity contribution in [2.45, 2.75) is 13.8 Å². The van der Waals surface area contributed by atoms with Crippen LogP contribution in [0, 0.1) is 6.92 Å². The third-order valence-electron chi connectivity index (χ3n) is 4.59. The third-order valence-corrected chi connectivity index (χ3v) is 4.59. The van der Waals surface area contributed by atoms with E-state index in [0.29, 0.717) is 11.1 Å². The molecule has 0 unspecified atom stereocenters. The second-order valence-electron chi connectivity index (χ2n) is 6.46. The summed E-state index contributed by atoms with van der Waals surface area (Å²) in [6.45, 7) is 3.49. The van der Waals surface area contributed by atoms with E-state index in [1.54, 1.807) is 56.3 Å². The molecule has 3 aromatic carbocycles. The van der Waals surface area contributed by atoms with Gasteiger partial charge in [0.1, 0.15) is 5.75 Å². The van der Waals surface area contributed by atoms with Gasteiger partial charge in [0.05, 0.1) is 17.7 Å². The number of para-hydroxylation sites is 1. The van der Waals surface area contributed by atoms with Crippen molar-refractivity contribution in [1.82, 2.24) is 0 Å². The van der Waals surface area contributed by atoms with Crippen molar-refractivity contribution in [3.63, 3.8) is 0 Å². The summed E-state index contributed by atoms with van der Waals surface area (Å²) in [5.41, 5.74) is 1.47. The molecule has 0 fully saturated rings. The molecule has 0 bridgehead atoms. The van der Waals surface area contributed by atoms with Crippen LogP contribution in [-0.4, -0.2) is 29.2 Å². The van der Waals surface area contributed by atoms with Crippen LogP contribution in [0.25, 0.3) is 0 Å². The topological polar surface area (TPSA) is 80.7 Å². The van der Waals surface area contributed by atoms with E-state index in [9.17, 15) is 19.5 Å². The lowest BCUT2D eigenvalue weighted by molar-refractivity contribution is 0.0525. The predicted octanol–water partition coefficient (Wildman–Crippen LogP) is 4.34. The second kappa shape index (κ2) is 8.52. The van der Waals surface area contributed by atoms with Crippen LogP contribution in [0.1, 0.15) is 54.7 Å². The standard InChI is InChI=1S/C24H20O5/c1-3-29-24(28)20-14-17(23(27)18-11-7-8-12-21(18)25)13-19(15(20)2)22(26)16-9-5-4-6-10-16/h4-14,25H,3H2,1-2H3. The van der Waals surface area contributed by atoms with Crippen LogP contribution in [0.2, 0.25) is 0 Å². The summed E-state index contributed by atoms with van der Waals surface area (Å²) in [4.78, 5) is 38.5. The number of esters is 1. The number of ether oxygens (including phenoxy) is 1. The van der Waals surface area contributed by atoms with Crippen molar-refractivity contribution in [2.24, 2.45) is 0 Å². The summed E-state index contributed by atoms with van der Waals surface area (Å²) >= 11 is 0. The van der Waals surface area contributed by atoms with E-state index in [0.717, 1.165) is 0 Å². The molecule has 1 N–H and O–H groups in total. The Kier molecular flexibility index (Phi) is 5.88. The predicted molar refractivity (Wildman–Crippen MR) is 109 cm³/mol. The largest absolute Gasteiger partial charge is 0.507 e. The van der Waals surface area contributed by atoms with Crippen molar-refractivity contribution < 1.29 is 24.2 Å². The fourth-order valence-electron chi connectivity index (χ4n) is 3.07. The van der Waals surface area contributed by atoms with Crippen LogP contribution in [0.15, 0.2) is 66.7 Å². The van der Waals surface area contributed by atoms with E-state index < -0.39 is 11.8 Å². The molecule has 29 heavy (non-hydrogen) atoms. The minimum atomic E-state index is -0.612. The zero-order valence-electron chi connectivity index (χ0n) is 16.1. The monoisotopic (exact) mass is 388 g/mol. The summed E-state index contributed by atoms with van der Waals surface area (Å²) in [6, 6.07) is 17.6. The number of carbonyl (C=O) groups is 3. The molecule has 3 aromatic rings. The van der Waals surface area contributed by atoms with E-state index in [1.807, 2.05) is 0 Å². The zero-order valence-corrected chi connectivity index (χ0v) is 16.1. The number of hydrogen-bond acceptors (Lipinski definition) is 5. The Morgan fingerprint density at radius 1 is 0.793 bits per heavy atom. The van der Waals surface area contributed by atoms with Crippen molar-refractivity contribution in [3.8, 4) is 5.75 Å². The maximum Gasteiger partial charge on any atom is 0.338 e. The summed E-state index contributed by atoms with van der Waals surface area (Å²) in [6.07, 6.45) is 0. The molecular weight excluding hydrogens is 368 g/mol. The Morgan fingerprint density at radius 2 is 1.38 bits per heavy atom. The summed E-state index contributed by atoms with van der Waals surface area (Å²) in [7, 11) is 0. The van der Waals surface area contributed by atoms with Gasteiger partial charge in [0.15, 0.2) is 11.6 Å². The molecule has 0 saturated heterocycles. The summed E-state index contributed by atoms with van der Waals surface area (Å²) in [5.74, 6) is -1.58. The fourth-order valence-corrected chi connectivity index (χ4v) is 3.07. The van der Waals surface area contributed by atoms with E-state index in [4.69, 9.17) is 4.74 Å². The highest BCUT2D eigenvalue weighted by Crippen LogP contribution is 2.25. The molecule has 3 rings (SSSR count). The van der Waals surface area contributed by atoms with Gasteiger partial charge < -0.3 is 9.84 Å². The Bertz CT molecular complexity index is 1080. The second-order valence-corrected chi connectivity index (χ2v) is 6.46. The maximum absolute atomic E-state index is 13.1.